The fourth-order valence-corrected chi connectivity index (χ4v) is 1.78. The molecule has 1 N–H and O–H groups in total. The van der Waals surface area contributed by atoms with Crippen LogP contribution in [0.3, 0.4) is 0 Å². The van der Waals surface area contributed by atoms with E-state index in [2.05, 4.69) is 5.32 Å². The smallest absolute Gasteiger partial charge is 0.325 e. The average molecular weight is 313 g/mol. The van der Waals surface area contributed by atoms with Gasteiger partial charge in [0.1, 0.15) is 19.0 Å². The summed E-state index contributed by atoms with van der Waals surface area (Å²) < 4.78 is 18.4. The van der Waals surface area contributed by atoms with Crippen LogP contribution in [-0.2, 0) is 20.9 Å². The number of carbonyl (C=O) groups is 2. The molecule has 0 aliphatic carbocycles. The number of benzene rings is 2. The summed E-state index contributed by atoms with van der Waals surface area (Å²) in [5.74, 6) is -1.45. The largest absolute Gasteiger partial charge is 0.460 e. The Labute approximate surface area is 133 Å². The van der Waals surface area contributed by atoms with Crippen molar-refractivity contribution >= 4 is 18.0 Å². The monoisotopic (exact) mass is 313 g/mol. The molecule has 2 rings (SSSR count). The highest BCUT2D eigenvalue weighted by molar-refractivity contribution is 5.93. The Morgan fingerprint density at radius 1 is 1.04 bits per heavy atom. The molecule has 0 atom stereocenters. The van der Waals surface area contributed by atoms with Gasteiger partial charge >= 0.3 is 5.97 Å². The summed E-state index contributed by atoms with van der Waals surface area (Å²) in [5.41, 5.74) is 1.17. The number of halogens is 1. The van der Waals surface area contributed by atoms with Gasteiger partial charge in [-0.2, -0.15) is 0 Å². The molecule has 0 saturated heterocycles. The molecular weight excluding hydrogens is 297 g/mol. The molecule has 0 saturated carbocycles. The van der Waals surface area contributed by atoms with Crippen LogP contribution in [0.5, 0.6) is 0 Å². The number of hydrogen-bond acceptors (Lipinski definition) is 3. The maximum atomic E-state index is 13.4. The van der Waals surface area contributed by atoms with Gasteiger partial charge in [0, 0.05) is 11.6 Å². The average Bonchev–Trinajstić information content (AvgIpc) is 2.58. The number of carbonyl (C=O) groups excluding carboxylic acids is 2. The van der Waals surface area contributed by atoms with E-state index in [9.17, 15) is 14.0 Å². The van der Waals surface area contributed by atoms with Crippen molar-refractivity contribution in [2.24, 2.45) is 0 Å². The number of nitrogens with one attached hydrogen (secondary N) is 1. The highest BCUT2D eigenvalue weighted by Crippen LogP contribution is 2.07. The SMILES string of the molecule is O=C(/C=C/c1ccccc1F)NCC(=O)OCc1ccccc1. The van der Waals surface area contributed by atoms with E-state index in [4.69, 9.17) is 4.74 Å². The number of amides is 1. The van der Waals surface area contributed by atoms with E-state index in [-0.39, 0.29) is 13.2 Å². The second-order valence-corrected chi connectivity index (χ2v) is 4.72. The summed E-state index contributed by atoms with van der Waals surface area (Å²) in [5, 5.41) is 2.39. The Bertz CT molecular complexity index is 698. The maximum absolute atomic E-state index is 13.4. The molecule has 1 amide bonds. The first-order chi connectivity index (χ1) is 11.1. The van der Waals surface area contributed by atoms with Crippen molar-refractivity contribution in [1.29, 1.82) is 0 Å². The number of hydrogen-bond donors (Lipinski definition) is 1. The molecule has 0 heterocycles. The summed E-state index contributed by atoms with van der Waals surface area (Å²) in [6.07, 6.45) is 2.52. The quantitative estimate of drug-likeness (QED) is 0.659. The van der Waals surface area contributed by atoms with Crippen molar-refractivity contribution in [1.82, 2.24) is 5.32 Å². The van der Waals surface area contributed by atoms with E-state index >= 15 is 0 Å². The van der Waals surface area contributed by atoms with Crippen molar-refractivity contribution in [3.8, 4) is 0 Å². The maximum Gasteiger partial charge on any atom is 0.325 e. The van der Waals surface area contributed by atoms with Crippen LogP contribution in [0, 0.1) is 5.82 Å². The fraction of sp³-hybridized carbons (Fsp3) is 0.111. The predicted octanol–water partition coefficient (Wildman–Crippen LogP) is 2.70. The minimum Gasteiger partial charge on any atom is -0.460 e. The lowest BCUT2D eigenvalue weighted by Gasteiger charge is -2.05. The third-order valence-electron chi connectivity index (χ3n) is 2.97. The van der Waals surface area contributed by atoms with E-state index < -0.39 is 17.7 Å². The van der Waals surface area contributed by atoms with Gasteiger partial charge in [-0.25, -0.2) is 4.39 Å². The molecule has 2 aromatic rings. The minimum atomic E-state index is -0.540. The molecule has 5 heteroatoms. The Kier molecular flexibility index (Phi) is 6.06. The molecule has 2 aromatic carbocycles. The van der Waals surface area contributed by atoms with E-state index in [0.717, 1.165) is 5.56 Å². The lowest BCUT2D eigenvalue weighted by Crippen LogP contribution is -2.29. The summed E-state index contributed by atoms with van der Waals surface area (Å²) >= 11 is 0. The van der Waals surface area contributed by atoms with Gasteiger partial charge < -0.3 is 10.1 Å². The van der Waals surface area contributed by atoms with Crippen molar-refractivity contribution in [3.05, 3.63) is 77.6 Å². The van der Waals surface area contributed by atoms with Crippen LogP contribution in [0.2, 0.25) is 0 Å². The van der Waals surface area contributed by atoms with Crippen molar-refractivity contribution in [2.75, 3.05) is 6.54 Å². The second-order valence-electron chi connectivity index (χ2n) is 4.72. The van der Waals surface area contributed by atoms with Crippen LogP contribution < -0.4 is 5.32 Å². The van der Waals surface area contributed by atoms with Crippen LogP contribution in [0.15, 0.2) is 60.7 Å². The first kappa shape index (κ1) is 16.4. The van der Waals surface area contributed by atoms with Gasteiger partial charge in [0.15, 0.2) is 0 Å². The molecule has 0 bridgehead atoms. The molecule has 0 radical (unpaired) electrons. The standard InChI is InChI=1S/C18H16FNO3/c19-16-9-5-4-8-15(16)10-11-17(21)20-12-18(22)23-13-14-6-2-1-3-7-14/h1-11H,12-13H2,(H,20,21)/b11-10+. The number of ether oxygens (including phenoxy) is 1. The molecule has 0 aliphatic rings. The number of rotatable bonds is 6. The first-order valence-corrected chi connectivity index (χ1v) is 7.05. The van der Waals surface area contributed by atoms with Gasteiger partial charge in [0.2, 0.25) is 5.91 Å². The first-order valence-electron chi connectivity index (χ1n) is 7.05. The lowest BCUT2D eigenvalue weighted by atomic mass is 10.2. The Morgan fingerprint density at radius 2 is 1.74 bits per heavy atom. The predicted molar refractivity (Wildman–Crippen MR) is 84.7 cm³/mol. The third kappa shape index (κ3) is 5.74. The van der Waals surface area contributed by atoms with Crippen molar-refractivity contribution in [2.45, 2.75) is 6.61 Å². The molecule has 0 aliphatic heterocycles. The van der Waals surface area contributed by atoms with E-state index in [1.165, 1.54) is 18.2 Å². The summed E-state index contributed by atoms with van der Waals surface area (Å²) in [6.45, 7) is -0.0894. The van der Waals surface area contributed by atoms with E-state index in [0.29, 0.717) is 5.56 Å². The topological polar surface area (TPSA) is 55.4 Å². The van der Waals surface area contributed by atoms with Crippen LogP contribution in [0.4, 0.5) is 4.39 Å². The molecular formula is C18H16FNO3. The zero-order valence-electron chi connectivity index (χ0n) is 12.4. The van der Waals surface area contributed by atoms with Gasteiger partial charge in [-0.3, -0.25) is 9.59 Å². The zero-order chi connectivity index (χ0) is 16.5. The Balaban J connectivity index is 1.73. The summed E-state index contributed by atoms with van der Waals surface area (Å²) in [7, 11) is 0. The van der Waals surface area contributed by atoms with Crippen LogP contribution in [-0.4, -0.2) is 18.4 Å². The van der Waals surface area contributed by atoms with Crippen LogP contribution >= 0.6 is 0 Å². The third-order valence-corrected chi connectivity index (χ3v) is 2.97. The number of esters is 1. The van der Waals surface area contributed by atoms with Gasteiger partial charge in [0.05, 0.1) is 0 Å². The highest BCUT2D eigenvalue weighted by Gasteiger charge is 2.05. The molecule has 0 aromatic heterocycles. The molecule has 0 unspecified atom stereocenters. The Morgan fingerprint density at radius 3 is 2.48 bits per heavy atom. The molecule has 0 spiro atoms. The van der Waals surface area contributed by atoms with Crippen molar-refractivity contribution in [3.63, 3.8) is 0 Å². The van der Waals surface area contributed by atoms with Crippen LogP contribution in [0.1, 0.15) is 11.1 Å². The van der Waals surface area contributed by atoms with Gasteiger partial charge in [-0.1, -0.05) is 48.5 Å². The van der Waals surface area contributed by atoms with E-state index in [1.54, 1.807) is 18.2 Å². The summed E-state index contributed by atoms with van der Waals surface area (Å²) in [4.78, 5) is 23.1. The highest BCUT2D eigenvalue weighted by atomic mass is 19.1. The zero-order valence-corrected chi connectivity index (χ0v) is 12.4. The fourth-order valence-electron chi connectivity index (χ4n) is 1.78. The van der Waals surface area contributed by atoms with Crippen LogP contribution in [0.25, 0.3) is 6.08 Å². The van der Waals surface area contributed by atoms with Gasteiger partial charge in [-0.05, 0) is 17.7 Å². The summed E-state index contributed by atoms with van der Waals surface area (Å²) in [6, 6.07) is 15.3. The molecule has 23 heavy (non-hydrogen) atoms. The molecule has 4 nitrogen and oxygen atoms in total. The Hall–Kier alpha value is -2.95. The van der Waals surface area contributed by atoms with Gasteiger partial charge in [-0.15, -0.1) is 0 Å². The lowest BCUT2D eigenvalue weighted by molar-refractivity contribution is -0.144. The molecule has 0 fully saturated rings. The normalized spacial score (nSPS) is 10.5. The van der Waals surface area contributed by atoms with Gasteiger partial charge in [0.25, 0.3) is 0 Å². The van der Waals surface area contributed by atoms with E-state index in [1.807, 2.05) is 30.3 Å². The minimum absolute atomic E-state index is 0.153. The van der Waals surface area contributed by atoms with Crippen molar-refractivity contribution < 1.29 is 18.7 Å². The second kappa shape index (κ2) is 8.48. The molecule has 118 valence electrons.